The monoisotopic (exact) mass is 470 g/mol. The Labute approximate surface area is 184 Å². The molecule has 3 N–H and O–H groups in total. The number of aliphatic imine (C=N–C) groups is 1. The smallest absolute Gasteiger partial charge is 0.385 e. The lowest BCUT2D eigenvalue weighted by molar-refractivity contribution is -0.249. The fraction of sp³-hybridized carbons (Fsp3) is 0.316. The molecule has 2 aromatic rings. The molecule has 0 fully saturated rings. The van der Waals surface area contributed by atoms with Gasteiger partial charge in [0, 0.05) is 6.20 Å². The Hall–Kier alpha value is -3.30. The average molecular weight is 471 g/mol. The molecule has 2 aromatic heterocycles. The number of hydrogen-bond acceptors (Lipinski definition) is 7. The van der Waals surface area contributed by atoms with Crippen LogP contribution in [-0.4, -0.2) is 40.1 Å². The second-order valence-corrected chi connectivity index (χ2v) is 7.65. The third-order valence-corrected chi connectivity index (χ3v) is 5.11. The number of rotatable bonds is 3. The van der Waals surface area contributed by atoms with Gasteiger partial charge in [-0.3, -0.25) is 9.79 Å². The molecule has 0 spiro atoms. The number of carbonyl (C=O) groups excluding carboxylic acids is 1. The fourth-order valence-electron chi connectivity index (χ4n) is 2.84. The normalized spacial score (nSPS) is 23.2. The number of hydrogen-bond donors (Lipinski definition) is 2. The van der Waals surface area contributed by atoms with E-state index < -0.39 is 41.5 Å². The number of nitrogens with zero attached hydrogens (tertiary/aromatic N) is 4. The average Bonchev–Trinajstić information content (AvgIpc) is 2.71. The Morgan fingerprint density at radius 2 is 2.06 bits per heavy atom. The molecule has 2 atom stereocenters. The lowest BCUT2D eigenvalue weighted by Crippen LogP contribution is -2.60. The van der Waals surface area contributed by atoms with E-state index in [9.17, 15) is 22.4 Å². The second kappa shape index (κ2) is 7.99. The Balaban J connectivity index is 1.93. The summed E-state index contributed by atoms with van der Waals surface area (Å²) in [6.45, 7) is 1.35. The van der Waals surface area contributed by atoms with Crippen LogP contribution in [-0.2, 0) is 10.3 Å². The van der Waals surface area contributed by atoms with Gasteiger partial charge in [-0.15, -0.1) is 0 Å². The highest BCUT2D eigenvalue weighted by Crippen LogP contribution is 2.41. The maximum absolute atomic E-state index is 14.5. The van der Waals surface area contributed by atoms with Gasteiger partial charge in [0.05, 0.1) is 17.2 Å². The molecule has 168 valence electrons. The molecule has 8 nitrogen and oxygen atoms in total. The summed E-state index contributed by atoms with van der Waals surface area (Å²) in [7, 11) is 0. The molecule has 0 aromatic carbocycles. The summed E-state index contributed by atoms with van der Waals surface area (Å²) >= 11 is 5.95. The molecule has 0 saturated heterocycles. The highest BCUT2D eigenvalue weighted by molar-refractivity contribution is 6.34. The third-order valence-electron chi connectivity index (χ3n) is 4.82. The minimum Gasteiger partial charge on any atom is -0.385 e. The van der Waals surface area contributed by atoms with E-state index in [-0.39, 0.29) is 27.8 Å². The van der Waals surface area contributed by atoms with Crippen molar-refractivity contribution >= 4 is 29.2 Å². The molecule has 0 aliphatic carbocycles. The number of nitriles is 1. The van der Waals surface area contributed by atoms with E-state index in [1.54, 1.807) is 0 Å². The van der Waals surface area contributed by atoms with Crippen molar-refractivity contribution in [2.75, 3.05) is 11.9 Å². The molecular formula is C19H15ClF4N6O2. The quantitative estimate of drug-likeness (QED) is 0.663. The van der Waals surface area contributed by atoms with E-state index in [1.165, 1.54) is 13.0 Å². The van der Waals surface area contributed by atoms with Crippen molar-refractivity contribution in [3.05, 3.63) is 52.2 Å². The summed E-state index contributed by atoms with van der Waals surface area (Å²) in [5.41, 5.74) is 0.557. The number of aromatic nitrogens is 2. The summed E-state index contributed by atoms with van der Waals surface area (Å²) in [5, 5.41) is 11.1. The Bertz CT molecular complexity index is 1170. The number of ether oxygens (including phenoxy) is 1. The Morgan fingerprint density at radius 1 is 1.38 bits per heavy atom. The van der Waals surface area contributed by atoms with Gasteiger partial charge in [-0.1, -0.05) is 11.6 Å². The van der Waals surface area contributed by atoms with Gasteiger partial charge in [-0.2, -0.15) is 18.4 Å². The number of pyridine rings is 2. The van der Waals surface area contributed by atoms with Crippen molar-refractivity contribution in [3.63, 3.8) is 0 Å². The largest absolute Gasteiger partial charge is 0.424 e. The summed E-state index contributed by atoms with van der Waals surface area (Å²) in [4.78, 5) is 24.1. The molecule has 13 heteroatoms. The Kier molecular flexibility index (Phi) is 5.84. The molecule has 0 radical (unpaired) electrons. The first-order valence-corrected chi connectivity index (χ1v) is 9.29. The number of amidine groups is 1. The van der Waals surface area contributed by atoms with E-state index in [2.05, 4.69) is 20.3 Å². The van der Waals surface area contributed by atoms with E-state index >= 15 is 0 Å². The highest BCUT2D eigenvalue weighted by Gasteiger charge is 2.59. The summed E-state index contributed by atoms with van der Waals surface area (Å²) in [5.74, 6) is -2.73. The topological polar surface area (TPSA) is 126 Å². The van der Waals surface area contributed by atoms with Crippen molar-refractivity contribution in [1.82, 2.24) is 9.97 Å². The zero-order valence-electron chi connectivity index (χ0n) is 16.6. The van der Waals surface area contributed by atoms with E-state index in [4.69, 9.17) is 27.3 Å². The predicted octanol–water partition coefficient (Wildman–Crippen LogP) is 3.32. The molecule has 0 bridgehead atoms. The lowest BCUT2D eigenvalue weighted by Gasteiger charge is -2.40. The van der Waals surface area contributed by atoms with Gasteiger partial charge in [0.1, 0.15) is 40.5 Å². The predicted molar refractivity (Wildman–Crippen MR) is 105 cm³/mol. The van der Waals surface area contributed by atoms with Crippen molar-refractivity contribution in [2.45, 2.75) is 31.2 Å². The number of nitrogens with one attached hydrogen (secondary N) is 1. The first-order valence-electron chi connectivity index (χ1n) is 8.91. The van der Waals surface area contributed by atoms with Crippen LogP contribution in [0.1, 0.15) is 35.6 Å². The number of anilines is 1. The molecular weight excluding hydrogens is 456 g/mol. The summed E-state index contributed by atoms with van der Waals surface area (Å²) in [6.07, 6.45) is -3.70. The SMILES string of the molecule is C[C@]1(c2nc(NC(=O)c3ncc(C#N)cc3Cl)ccc2F)CO[C@@](C)(C(F)(F)F)C(N)=N1. The number of amides is 1. The van der Waals surface area contributed by atoms with Gasteiger partial charge >= 0.3 is 6.18 Å². The molecule has 1 amide bonds. The fourth-order valence-corrected chi connectivity index (χ4v) is 3.10. The first kappa shape index (κ1) is 23.4. The van der Waals surface area contributed by atoms with Crippen molar-refractivity contribution in [2.24, 2.45) is 10.7 Å². The van der Waals surface area contributed by atoms with Crippen molar-refractivity contribution < 1.29 is 27.1 Å². The van der Waals surface area contributed by atoms with Crippen molar-refractivity contribution in [3.8, 4) is 6.07 Å². The van der Waals surface area contributed by atoms with E-state index in [0.29, 0.717) is 0 Å². The summed E-state index contributed by atoms with van der Waals surface area (Å²) in [6, 6.07) is 5.15. The van der Waals surface area contributed by atoms with Crippen molar-refractivity contribution in [1.29, 1.82) is 5.26 Å². The molecule has 3 rings (SSSR count). The Morgan fingerprint density at radius 3 is 2.62 bits per heavy atom. The highest BCUT2D eigenvalue weighted by atomic mass is 35.5. The van der Waals surface area contributed by atoms with Gasteiger partial charge in [0.2, 0.25) is 5.60 Å². The number of halogens is 5. The first-order chi connectivity index (χ1) is 14.8. The third kappa shape index (κ3) is 4.09. The number of carbonyl (C=O) groups is 1. The van der Waals surface area contributed by atoms with Crippen LogP contribution in [0.25, 0.3) is 0 Å². The van der Waals surface area contributed by atoms with E-state index in [0.717, 1.165) is 25.3 Å². The van der Waals surface area contributed by atoms with Crippen LogP contribution in [0.2, 0.25) is 5.02 Å². The van der Waals surface area contributed by atoms with Crippen LogP contribution < -0.4 is 11.1 Å². The van der Waals surface area contributed by atoms with Gasteiger partial charge in [0.25, 0.3) is 5.91 Å². The molecule has 32 heavy (non-hydrogen) atoms. The van der Waals surface area contributed by atoms with Gasteiger partial charge < -0.3 is 15.8 Å². The lowest BCUT2D eigenvalue weighted by atomic mass is 9.93. The molecule has 0 saturated carbocycles. The second-order valence-electron chi connectivity index (χ2n) is 7.24. The molecule has 1 aliphatic rings. The van der Waals surface area contributed by atoms with Crippen LogP contribution >= 0.6 is 11.6 Å². The maximum Gasteiger partial charge on any atom is 0.424 e. The zero-order chi connectivity index (χ0) is 23.9. The van der Waals surface area contributed by atoms with Crippen LogP contribution in [0.15, 0.2) is 29.4 Å². The van der Waals surface area contributed by atoms with Gasteiger partial charge in [-0.25, -0.2) is 14.4 Å². The molecule has 3 heterocycles. The molecule has 0 unspecified atom stereocenters. The minimum absolute atomic E-state index is 0.0969. The van der Waals surface area contributed by atoms with Crippen LogP contribution in [0.5, 0.6) is 0 Å². The van der Waals surface area contributed by atoms with Gasteiger partial charge in [-0.05, 0) is 32.0 Å². The summed E-state index contributed by atoms with van der Waals surface area (Å²) < 4.78 is 59.4. The van der Waals surface area contributed by atoms with Crippen LogP contribution in [0, 0.1) is 17.1 Å². The number of alkyl halides is 3. The molecule has 1 aliphatic heterocycles. The van der Waals surface area contributed by atoms with Crippen LogP contribution in [0.4, 0.5) is 23.4 Å². The standard InChI is InChI=1S/C19H15ClF4N6O2/c1-17(8-32-18(2,16(26)30-17)19(22,23)24)14-11(21)3-4-12(28-14)29-15(31)13-10(20)5-9(6-25)7-27-13/h3-5,7H,8H2,1-2H3,(H2,26,30)(H,28,29,31)/t17-,18-/m1/s1. The number of nitrogens with two attached hydrogens (primary N) is 1. The zero-order valence-corrected chi connectivity index (χ0v) is 17.3. The van der Waals surface area contributed by atoms with E-state index in [1.807, 2.05) is 6.07 Å². The maximum atomic E-state index is 14.5. The minimum atomic E-state index is -4.84. The van der Waals surface area contributed by atoms with Crippen LogP contribution in [0.3, 0.4) is 0 Å². The van der Waals surface area contributed by atoms with Gasteiger partial charge in [0.15, 0.2) is 0 Å².